The quantitative estimate of drug-likeness (QED) is 0.895. The van der Waals surface area contributed by atoms with Crippen molar-refractivity contribution in [3.63, 3.8) is 0 Å². The Morgan fingerprint density at radius 2 is 2.10 bits per heavy atom. The monoisotopic (exact) mass is 287 g/mol. The molecule has 1 fully saturated rings. The largest absolute Gasteiger partial charge is 0.395 e. The molecule has 2 N–H and O–H groups in total. The van der Waals surface area contributed by atoms with Crippen LogP contribution in [0.1, 0.15) is 16.8 Å². The summed E-state index contributed by atoms with van der Waals surface area (Å²) >= 11 is 0. The van der Waals surface area contributed by atoms with Gasteiger partial charge in [0, 0.05) is 37.8 Å². The first-order chi connectivity index (χ1) is 10.3. The number of aliphatic hydroxyl groups excluding tert-OH is 1. The first kappa shape index (κ1) is 14.1. The van der Waals surface area contributed by atoms with Gasteiger partial charge in [-0.1, -0.05) is 12.1 Å². The van der Waals surface area contributed by atoms with Gasteiger partial charge in [-0.2, -0.15) is 0 Å². The Hall–Kier alpha value is -1.85. The molecule has 112 valence electrons. The van der Waals surface area contributed by atoms with Crippen LogP contribution in [0.2, 0.25) is 0 Å². The van der Waals surface area contributed by atoms with Crippen molar-refractivity contribution in [2.75, 3.05) is 39.3 Å². The normalized spacial score (nSPS) is 17.1. The molecule has 0 radical (unpaired) electrons. The number of fused-ring (bicyclic) bond motifs is 1. The summed E-state index contributed by atoms with van der Waals surface area (Å²) in [5, 5.41) is 10.1. The number of benzene rings is 1. The van der Waals surface area contributed by atoms with Gasteiger partial charge >= 0.3 is 0 Å². The van der Waals surface area contributed by atoms with Crippen LogP contribution in [-0.2, 0) is 0 Å². The lowest BCUT2D eigenvalue weighted by molar-refractivity contribution is 0.0762. The lowest BCUT2D eigenvalue weighted by atomic mass is 10.1. The van der Waals surface area contributed by atoms with E-state index in [0.717, 1.165) is 49.1 Å². The number of aromatic nitrogens is 1. The molecule has 0 bridgehead atoms. The molecule has 0 unspecified atom stereocenters. The average Bonchev–Trinajstić information content (AvgIpc) is 2.86. The van der Waals surface area contributed by atoms with Gasteiger partial charge in [-0.15, -0.1) is 0 Å². The standard InChI is InChI=1S/C16H21N3O2/c20-12-11-18-7-2-8-19(10-9-18)16(21)14-4-1-3-13-5-6-17-15(13)14/h1,3-6,17,20H,2,7-12H2. The van der Waals surface area contributed by atoms with Crippen molar-refractivity contribution in [1.82, 2.24) is 14.8 Å². The summed E-state index contributed by atoms with van der Waals surface area (Å²) in [7, 11) is 0. The van der Waals surface area contributed by atoms with Crippen molar-refractivity contribution in [2.45, 2.75) is 6.42 Å². The zero-order chi connectivity index (χ0) is 14.7. The van der Waals surface area contributed by atoms with Crippen LogP contribution in [0, 0.1) is 0 Å². The number of aromatic amines is 1. The van der Waals surface area contributed by atoms with Crippen LogP contribution in [-0.4, -0.2) is 65.1 Å². The van der Waals surface area contributed by atoms with Crippen LogP contribution in [0.3, 0.4) is 0 Å². The minimum atomic E-state index is 0.0916. The molecule has 5 heteroatoms. The highest BCUT2D eigenvalue weighted by molar-refractivity contribution is 6.05. The average molecular weight is 287 g/mol. The van der Waals surface area contributed by atoms with Gasteiger partial charge in [-0.25, -0.2) is 0 Å². The Labute approximate surface area is 124 Å². The van der Waals surface area contributed by atoms with E-state index in [1.165, 1.54) is 0 Å². The van der Waals surface area contributed by atoms with Crippen LogP contribution >= 0.6 is 0 Å². The number of nitrogens with zero attached hydrogens (tertiary/aromatic N) is 2. The first-order valence-corrected chi connectivity index (χ1v) is 7.48. The maximum Gasteiger partial charge on any atom is 0.256 e. The summed E-state index contributed by atoms with van der Waals surface area (Å²) in [5.74, 6) is 0.0916. The maximum absolute atomic E-state index is 12.8. The van der Waals surface area contributed by atoms with Gasteiger partial charge in [-0.05, 0) is 25.1 Å². The van der Waals surface area contributed by atoms with Crippen LogP contribution in [0.25, 0.3) is 10.9 Å². The van der Waals surface area contributed by atoms with Crippen molar-refractivity contribution in [3.05, 3.63) is 36.0 Å². The zero-order valence-electron chi connectivity index (χ0n) is 12.1. The number of carbonyl (C=O) groups excluding carboxylic acids is 1. The molecule has 0 spiro atoms. The van der Waals surface area contributed by atoms with Crippen LogP contribution in [0.5, 0.6) is 0 Å². The van der Waals surface area contributed by atoms with Gasteiger partial charge < -0.3 is 15.0 Å². The van der Waals surface area contributed by atoms with E-state index >= 15 is 0 Å². The molecule has 21 heavy (non-hydrogen) atoms. The van der Waals surface area contributed by atoms with Crippen molar-refractivity contribution in [2.24, 2.45) is 0 Å². The minimum Gasteiger partial charge on any atom is -0.395 e. The molecule has 1 amide bonds. The van der Waals surface area contributed by atoms with Gasteiger partial charge in [0.2, 0.25) is 0 Å². The van der Waals surface area contributed by atoms with E-state index in [-0.39, 0.29) is 12.5 Å². The predicted molar refractivity (Wildman–Crippen MR) is 82.3 cm³/mol. The molecule has 3 rings (SSSR count). The van der Waals surface area contributed by atoms with Crippen LogP contribution < -0.4 is 0 Å². The second-order valence-corrected chi connectivity index (χ2v) is 5.46. The SMILES string of the molecule is O=C(c1cccc2cc[nH]c12)N1CCCN(CCO)CC1. The number of aliphatic hydroxyl groups is 1. The Balaban J connectivity index is 1.77. The number of β-amino-alcohol motifs (C(OH)–C–C–N with tert-alkyl or cyclic N) is 1. The topological polar surface area (TPSA) is 59.6 Å². The van der Waals surface area contributed by atoms with Crippen LogP contribution in [0.4, 0.5) is 0 Å². The molecular formula is C16H21N3O2. The van der Waals surface area contributed by atoms with E-state index in [2.05, 4.69) is 9.88 Å². The number of hydrogen-bond acceptors (Lipinski definition) is 3. The molecule has 5 nitrogen and oxygen atoms in total. The summed E-state index contributed by atoms with van der Waals surface area (Å²) in [6.07, 6.45) is 2.82. The molecule has 1 aromatic carbocycles. The number of carbonyl (C=O) groups is 1. The first-order valence-electron chi connectivity index (χ1n) is 7.48. The fourth-order valence-corrected chi connectivity index (χ4v) is 2.97. The molecule has 2 heterocycles. The highest BCUT2D eigenvalue weighted by Gasteiger charge is 2.21. The number of nitrogens with one attached hydrogen (secondary N) is 1. The summed E-state index contributed by atoms with van der Waals surface area (Å²) in [5.41, 5.74) is 1.66. The Morgan fingerprint density at radius 3 is 2.95 bits per heavy atom. The third kappa shape index (κ3) is 2.94. The lowest BCUT2D eigenvalue weighted by Crippen LogP contribution is -2.36. The third-order valence-corrected chi connectivity index (χ3v) is 4.11. The minimum absolute atomic E-state index is 0.0916. The zero-order valence-corrected chi connectivity index (χ0v) is 12.1. The molecule has 0 atom stereocenters. The number of hydrogen-bond donors (Lipinski definition) is 2. The second-order valence-electron chi connectivity index (χ2n) is 5.46. The Kier molecular flexibility index (Phi) is 4.22. The van der Waals surface area contributed by atoms with E-state index in [4.69, 9.17) is 5.11 Å². The lowest BCUT2D eigenvalue weighted by Gasteiger charge is -2.21. The molecular weight excluding hydrogens is 266 g/mol. The number of H-pyrrole nitrogens is 1. The van der Waals surface area contributed by atoms with E-state index in [1.807, 2.05) is 35.4 Å². The highest BCUT2D eigenvalue weighted by atomic mass is 16.3. The summed E-state index contributed by atoms with van der Waals surface area (Å²) < 4.78 is 0. The third-order valence-electron chi connectivity index (χ3n) is 4.11. The Bertz CT molecular complexity index is 623. The Morgan fingerprint density at radius 1 is 1.19 bits per heavy atom. The van der Waals surface area contributed by atoms with Gasteiger partial charge in [0.15, 0.2) is 0 Å². The summed E-state index contributed by atoms with van der Waals surface area (Å²) in [6, 6.07) is 7.81. The van der Waals surface area contributed by atoms with Crippen molar-refractivity contribution in [3.8, 4) is 0 Å². The summed E-state index contributed by atoms with van der Waals surface area (Å²) in [4.78, 5) is 20.1. The molecule has 2 aromatic rings. The van der Waals surface area contributed by atoms with Crippen molar-refractivity contribution < 1.29 is 9.90 Å². The molecule has 1 aliphatic rings. The summed E-state index contributed by atoms with van der Waals surface area (Å²) in [6.45, 7) is 4.13. The molecule has 0 aliphatic carbocycles. The van der Waals surface area contributed by atoms with Gasteiger partial charge in [0.25, 0.3) is 5.91 Å². The number of rotatable bonds is 3. The fourth-order valence-electron chi connectivity index (χ4n) is 2.97. The maximum atomic E-state index is 12.8. The smallest absolute Gasteiger partial charge is 0.256 e. The molecule has 1 aromatic heterocycles. The van der Waals surface area contributed by atoms with E-state index in [9.17, 15) is 4.79 Å². The fraction of sp³-hybridized carbons (Fsp3) is 0.438. The van der Waals surface area contributed by atoms with Crippen molar-refractivity contribution in [1.29, 1.82) is 0 Å². The van der Waals surface area contributed by atoms with Gasteiger partial charge in [0.1, 0.15) is 0 Å². The predicted octanol–water partition coefficient (Wildman–Crippen LogP) is 1.31. The second kappa shape index (κ2) is 6.28. The molecule has 0 saturated carbocycles. The van der Waals surface area contributed by atoms with Gasteiger partial charge in [0.05, 0.1) is 17.7 Å². The molecule has 1 saturated heterocycles. The molecule has 1 aliphatic heterocycles. The van der Waals surface area contributed by atoms with E-state index < -0.39 is 0 Å². The van der Waals surface area contributed by atoms with Gasteiger partial charge in [-0.3, -0.25) is 9.69 Å². The number of amides is 1. The van der Waals surface area contributed by atoms with Crippen molar-refractivity contribution >= 4 is 16.8 Å². The van der Waals surface area contributed by atoms with Crippen LogP contribution in [0.15, 0.2) is 30.5 Å². The highest BCUT2D eigenvalue weighted by Crippen LogP contribution is 2.19. The van der Waals surface area contributed by atoms with E-state index in [1.54, 1.807) is 0 Å². The number of para-hydroxylation sites is 1. The van der Waals surface area contributed by atoms with E-state index in [0.29, 0.717) is 6.54 Å².